The monoisotopic (exact) mass is 857 g/mol. The fraction of sp³-hybridized carbons (Fsp3) is 0.478. The summed E-state index contributed by atoms with van der Waals surface area (Å²) < 4.78 is 35.9. The van der Waals surface area contributed by atoms with E-state index in [1.165, 1.54) is 56.5 Å². The summed E-state index contributed by atoms with van der Waals surface area (Å²) in [6, 6.07) is 17.3. The van der Waals surface area contributed by atoms with Crippen molar-refractivity contribution in [2.75, 3.05) is 6.61 Å². The van der Waals surface area contributed by atoms with Crippen LogP contribution in [-0.2, 0) is 42.9 Å². The smallest absolute Gasteiger partial charge is 0.341 e. The first-order chi connectivity index (χ1) is 29.1. The number of ether oxygens (including phenoxy) is 5. The Labute approximate surface area is 357 Å². The predicted octanol–water partition coefficient (Wildman–Crippen LogP) is 3.72. The Balaban J connectivity index is 1.40. The predicted molar refractivity (Wildman–Crippen MR) is 215 cm³/mol. The number of rotatable bonds is 10. The number of benzene rings is 2. The highest BCUT2D eigenvalue weighted by atomic mass is 16.6. The number of ketones is 1. The lowest BCUT2D eigenvalue weighted by Crippen LogP contribution is -2.82. The van der Waals surface area contributed by atoms with Crippen LogP contribution in [0.2, 0.25) is 0 Å². The van der Waals surface area contributed by atoms with Gasteiger partial charge in [-0.2, -0.15) is 0 Å². The normalized spacial score (nSPS) is 32.5. The van der Waals surface area contributed by atoms with Crippen LogP contribution in [0, 0.1) is 16.7 Å². The Morgan fingerprint density at radius 3 is 2.06 bits per heavy atom. The minimum absolute atomic E-state index is 0.00328. The Hall–Kier alpha value is -5.68. The van der Waals surface area contributed by atoms with Gasteiger partial charge in [-0.1, -0.05) is 50.2 Å². The average molecular weight is 858 g/mol. The van der Waals surface area contributed by atoms with Crippen LogP contribution in [0.1, 0.15) is 93.8 Å². The highest BCUT2D eigenvalue weighted by Gasteiger charge is 2.78. The third-order valence-electron chi connectivity index (χ3n) is 13.5. The van der Waals surface area contributed by atoms with Gasteiger partial charge in [0.1, 0.15) is 35.7 Å². The summed E-state index contributed by atoms with van der Waals surface area (Å²) in [4.78, 5) is 83.7. The molecule has 1 aromatic heterocycles. The first-order valence-corrected chi connectivity index (χ1v) is 20.3. The summed E-state index contributed by atoms with van der Waals surface area (Å²) in [5, 5.41) is 40.5. The molecule has 1 amide bonds. The first kappa shape index (κ1) is 44.4. The zero-order valence-corrected chi connectivity index (χ0v) is 35.4. The molecule has 11 atom stereocenters. The molecule has 2 heterocycles. The van der Waals surface area contributed by atoms with Crippen molar-refractivity contribution in [2.45, 2.75) is 115 Å². The number of nitrogens with one attached hydrogen (secondary N) is 1. The standard InChI is InChI=1S/C46H51NO15/c1-24-30(60-41(54)44(7,55)36(29-19-14-20-57-29)47-39(52)27-15-10-8-11-16-27)22-46(56)38(61-40(53)28-17-12-9-13-18-28)35-43(6,31(50)21-32-45(35,23-58-32)62-26(3)49)37(51)34(59-25(2)48)33(24)42(46,4)5/h8-20,30-32,34-36,38,50,55-56H,21-23H2,1-7H3,(H,47,52)/t30-,31-,32?,34+,35?,36+,38-,43+,44+,45-,46+/m0/s1. The lowest BCUT2D eigenvalue weighted by Gasteiger charge is -2.67. The van der Waals surface area contributed by atoms with Crippen molar-refractivity contribution < 1.29 is 72.2 Å². The van der Waals surface area contributed by atoms with Gasteiger partial charge in [0.15, 0.2) is 23.1 Å². The van der Waals surface area contributed by atoms with Gasteiger partial charge < -0.3 is 48.7 Å². The molecule has 2 saturated carbocycles. The number of hydrogen-bond acceptors (Lipinski definition) is 15. The molecule has 0 radical (unpaired) electrons. The fourth-order valence-corrected chi connectivity index (χ4v) is 10.1. The van der Waals surface area contributed by atoms with Gasteiger partial charge in [0.05, 0.1) is 35.9 Å². The molecule has 4 N–H and O–H groups in total. The van der Waals surface area contributed by atoms with Crippen molar-refractivity contribution in [2.24, 2.45) is 16.7 Å². The first-order valence-electron chi connectivity index (χ1n) is 20.3. The van der Waals surface area contributed by atoms with Gasteiger partial charge in [-0.3, -0.25) is 19.2 Å². The van der Waals surface area contributed by atoms with Gasteiger partial charge in [0.2, 0.25) is 0 Å². The number of carbonyl (C=O) groups excluding carboxylic acids is 6. The summed E-state index contributed by atoms with van der Waals surface area (Å²) in [7, 11) is 0. The number of carbonyl (C=O) groups is 6. The van der Waals surface area contributed by atoms with Crippen LogP contribution in [0.15, 0.2) is 94.6 Å². The molecule has 0 spiro atoms. The van der Waals surface area contributed by atoms with E-state index in [-0.39, 0.29) is 41.1 Å². The molecular weight excluding hydrogens is 806 g/mol. The molecule has 62 heavy (non-hydrogen) atoms. The molecule has 3 fully saturated rings. The molecular formula is C46H51NO15. The number of aliphatic hydroxyl groups is 3. The summed E-state index contributed by atoms with van der Waals surface area (Å²) in [5.74, 6) is -7.03. The number of hydrogen-bond donors (Lipinski definition) is 4. The van der Waals surface area contributed by atoms with Crippen LogP contribution in [0.3, 0.4) is 0 Å². The second-order valence-corrected chi connectivity index (χ2v) is 17.6. The zero-order chi connectivity index (χ0) is 45.2. The van der Waals surface area contributed by atoms with Crippen molar-refractivity contribution in [3.8, 4) is 0 Å². The van der Waals surface area contributed by atoms with Crippen LogP contribution < -0.4 is 5.32 Å². The zero-order valence-electron chi connectivity index (χ0n) is 35.4. The van der Waals surface area contributed by atoms with Crippen molar-refractivity contribution in [3.05, 3.63) is 107 Å². The topological polar surface area (TPSA) is 234 Å². The Bertz CT molecular complexity index is 2290. The van der Waals surface area contributed by atoms with Crippen LogP contribution in [-0.4, -0.2) is 105 Å². The summed E-state index contributed by atoms with van der Waals surface area (Å²) in [5.41, 5.74) is -10.1. The highest BCUT2D eigenvalue weighted by Crippen LogP contribution is 2.64. The van der Waals surface area contributed by atoms with Crippen molar-refractivity contribution >= 4 is 35.6 Å². The number of furan rings is 1. The molecule has 1 saturated heterocycles. The number of aliphatic hydroxyl groups excluding tert-OH is 1. The highest BCUT2D eigenvalue weighted by molar-refractivity contribution is 5.96. The molecule has 2 bridgehead atoms. The van der Waals surface area contributed by atoms with E-state index >= 15 is 4.79 Å². The number of Topliss-reactive ketones (excluding diaryl/α,β-unsaturated/α-hetero) is 1. The fourth-order valence-electron chi connectivity index (χ4n) is 10.1. The van der Waals surface area contributed by atoms with Crippen molar-refractivity contribution in [1.82, 2.24) is 5.32 Å². The molecule has 330 valence electrons. The molecule has 4 aliphatic rings. The van der Waals surface area contributed by atoms with E-state index in [2.05, 4.69) is 5.32 Å². The van der Waals surface area contributed by atoms with E-state index in [4.69, 9.17) is 28.1 Å². The quantitative estimate of drug-likeness (QED) is 0.129. The van der Waals surface area contributed by atoms with Gasteiger partial charge >= 0.3 is 23.9 Å². The lowest BCUT2D eigenvalue weighted by molar-refractivity contribution is -0.346. The molecule has 1 aliphatic heterocycles. The van der Waals surface area contributed by atoms with Gasteiger partial charge in [-0.05, 0) is 68.3 Å². The minimum atomic E-state index is -2.57. The Morgan fingerprint density at radius 2 is 1.52 bits per heavy atom. The SMILES string of the molecule is CC(=O)O[C@H]1C(=O)[C@@]2(C)C([C@H](OC(=O)c3ccccc3)[C@]3(O)C[C@H](OC(=O)[C@](C)(O)[C@H](NC(=O)c4ccccc4)c4ccco4)C(C)=C1C3(C)C)[C@]1(OC(C)=O)COC1C[C@@H]2O. The summed E-state index contributed by atoms with van der Waals surface area (Å²) in [6.45, 7) is 9.01. The van der Waals surface area contributed by atoms with Gasteiger partial charge in [-0.25, -0.2) is 9.59 Å². The summed E-state index contributed by atoms with van der Waals surface area (Å²) in [6.07, 6.45) is -7.33. The lowest BCUT2D eigenvalue weighted by atomic mass is 9.44. The molecule has 2 unspecified atom stereocenters. The van der Waals surface area contributed by atoms with E-state index in [9.17, 15) is 39.3 Å². The Kier molecular flexibility index (Phi) is 11.4. The second kappa shape index (κ2) is 15.9. The molecule has 16 nitrogen and oxygen atoms in total. The number of fused-ring (bicyclic) bond motifs is 5. The van der Waals surface area contributed by atoms with E-state index in [1.54, 1.807) is 50.2 Å². The number of esters is 4. The Morgan fingerprint density at radius 1 is 0.887 bits per heavy atom. The molecule has 3 aromatic rings. The maximum absolute atomic E-state index is 15.5. The average Bonchev–Trinajstić information content (AvgIpc) is 3.76. The van der Waals surface area contributed by atoms with Gasteiger partial charge in [-0.15, -0.1) is 0 Å². The van der Waals surface area contributed by atoms with E-state index in [1.807, 2.05) is 0 Å². The van der Waals surface area contributed by atoms with Crippen LogP contribution >= 0.6 is 0 Å². The minimum Gasteiger partial charge on any atom is -0.467 e. The van der Waals surface area contributed by atoms with Gasteiger partial charge in [0.25, 0.3) is 5.91 Å². The van der Waals surface area contributed by atoms with Crippen LogP contribution in [0.4, 0.5) is 0 Å². The third-order valence-corrected chi connectivity index (χ3v) is 13.5. The third kappa shape index (κ3) is 7.02. The molecule has 2 aromatic carbocycles. The van der Waals surface area contributed by atoms with Crippen LogP contribution in [0.25, 0.3) is 0 Å². The van der Waals surface area contributed by atoms with E-state index < -0.39 is 112 Å². The van der Waals surface area contributed by atoms with E-state index in [0.717, 1.165) is 20.8 Å². The maximum atomic E-state index is 15.5. The van der Waals surface area contributed by atoms with Crippen molar-refractivity contribution in [1.29, 1.82) is 0 Å². The van der Waals surface area contributed by atoms with Gasteiger partial charge in [0, 0.05) is 37.7 Å². The van der Waals surface area contributed by atoms with E-state index in [0.29, 0.717) is 0 Å². The largest absolute Gasteiger partial charge is 0.467 e. The number of amides is 1. The van der Waals surface area contributed by atoms with Crippen LogP contribution in [0.5, 0.6) is 0 Å². The van der Waals surface area contributed by atoms with Crippen molar-refractivity contribution in [3.63, 3.8) is 0 Å². The second-order valence-electron chi connectivity index (χ2n) is 17.6. The molecule has 7 rings (SSSR count). The maximum Gasteiger partial charge on any atom is 0.341 e. The molecule has 16 heteroatoms. The molecule has 3 aliphatic carbocycles. The summed E-state index contributed by atoms with van der Waals surface area (Å²) >= 11 is 0.